The van der Waals surface area contributed by atoms with Gasteiger partial charge in [-0.3, -0.25) is 9.59 Å². The van der Waals surface area contributed by atoms with Gasteiger partial charge in [-0.25, -0.2) is 0 Å². The zero-order valence-corrected chi connectivity index (χ0v) is 10.9. The van der Waals surface area contributed by atoms with Crippen molar-refractivity contribution < 1.29 is 14.3 Å². The van der Waals surface area contributed by atoms with Crippen molar-refractivity contribution in [3.63, 3.8) is 0 Å². The fourth-order valence-corrected chi connectivity index (χ4v) is 1.49. The second-order valence-corrected chi connectivity index (χ2v) is 4.07. The van der Waals surface area contributed by atoms with E-state index in [1.807, 2.05) is 31.2 Å². The number of carbonyl (C=O) groups excluding carboxylic acids is 2. The van der Waals surface area contributed by atoms with Gasteiger partial charge in [0.05, 0.1) is 19.4 Å². The highest BCUT2D eigenvalue weighted by Crippen LogP contribution is 2.03. The van der Waals surface area contributed by atoms with Gasteiger partial charge in [-0.15, -0.1) is 0 Å². The van der Waals surface area contributed by atoms with Crippen molar-refractivity contribution in [2.24, 2.45) is 0 Å². The first kappa shape index (κ1) is 14.2. The summed E-state index contributed by atoms with van der Waals surface area (Å²) < 4.78 is 4.76. The van der Waals surface area contributed by atoms with Gasteiger partial charge in [0.25, 0.3) is 0 Å². The van der Waals surface area contributed by atoms with Gasteiger partial charge in [-0.2, -0.15) is 0 Å². The van der Waals surface area contributed by atoms with Crippen LogP contribution in [-0.2, 0) is 20.7 Å². The van der Waals surface area contributed by atoms with Crippen LogP contribution in [0.5, 0.6) is 0 Å². The van der Waals surface area contributed by atoms with Gasteiger partial charge in [0.1, 0.15) is 0 Å². The van der Waals surface area contributed by atoms with Crippen molar-refractivity contribution in [3.05, 3.63) is 35.4 Å². The Hall–Kier alpha value is -1.84. The van der Waals surface area contributed by atoms with Crippen LogP contribution in [0.3, 0.4) is 0 Å². The molecule has 0 atom stereocenters. The number of ether oxygens (including phenoxy) is 1. The number of rotatable bonds is 6. The van der Waals surface area contributed by atoms with E-state index in [1.165, 1.54) is 5.56 Å². The van der Waals surface area contributed by atoms with E-state index in [1.54, 1.807) is 6.92 Å². The summed E-state index contributed by atoms with van der Waals surface area (Å²) in [5, 5.41) is 2.70. The molecule has 0 aliphatic carbocycles. The fourth-order valence-electron chi connectivity index (χ4n) is 1.49. The fraction of sp³-hybridized carbons (Fsp3) is 0.429. The van der Waals surface area contributed by atoms with Gasteiger partial charge in [0, 0.05) is 6.54 Å². The van der Waals surface area contributed by atoms with E-state index in [9.17, 15) is 9.59 Å². The summed E-state index contributed by atoms with van der Waals surface area (Å²) in [6.07, 6.45) is 0.552. The minimum absolute atomic E-state index is 0.0804. The number of esters is 1. The van der Waals surface area contributed by atoms with Crippen molar-refractivity contribution in [1.29, 1.82) is 0 Å². The summed E-state index contributed by atoms with van der Waals surface area (Å²) in [5.41, 5.74) is 2.13. The molecule has 0 saturated carbocycles. The maximum Gasteiger partial charge on any atom is 0.307 e. The highest BCUT2D eigenvalue weighted by molar-refractivity contribution is 5.79. The van der Waals surface area contributed by atoms with Crippen LogP contribution in [0.4, 0.5) is 0 Å². The highest BCUT2D eigenvalue weighted by Gasteiger charge is 2.05. The Bertz CT molecular complexity index is 398. The molecule has 0 aliphatic heterocycles. The first-order valence-corrected chi connectivity index (χ1v) is 6.09. The molecule has 0 saturated heterocycles. The Balaban J connectivity index is 2.25. The number of aryl methyl sites for hydroxylation is 1. The lowest BCUT2D eigenvalue weighted by Crippen LogP contribution is -2.27. The molecular formula is C14H19NO3. The van der Waals surface area contributed by atoms with Crippen LogP contribution in [0.15, 0.2) is 24.3 Å². The summed E-state index contributed by atoms with van der Waals surface area (Å²) in [6.45, 7) is 4.46. The number of hydrogen-bond acceptors (Lipinski definition) is 3. The topological polar surface area (TPSA) is 55.4 Å². The summed E-state index contributed by atoms with van der Waals surface area (Å²) in [7, 11) is 0. The number of amides is 1. The summed E-state index contributed by atoms with van der Waals surface area (Å²) in [6, 6.07) is 7.81. The predicted octanol–water partition coefficient (Wildman–Crippen LogP) is 1.61. The lowest BCUT2D eigenvalue weighted by atomic mass is 10.1. The molecule has 0 radical (unpaired) electrons. The Morgan fingerprint density at radius 2 is 1.89 bits per heavy atom. The molecule has 1 aromatic carbocycles. The Morgan fingerprint density at radius 3 is 2.50 bits per heavy atom. The van der Waals surface area contributed by atoms with Crippen LogP contribution in [0.2, 0.25) is 0 Å². The molecule has 4 nitrogen and oxygen atoms in total. The van der Waals surface area contributed by atoms with Gasteiger partial charge >= 0.3 is 5.97 Å². The number of nitrogens with one attached hydrogen (secondary N) is 1. The SMILES string of the molecule is CCOC(=O)CCNC(=O)Cc1ccc(C)cc1. The van der Waals surface area contributed by atoms with Crippen molar-refractivity contribution in [1.82, 2.24) is 5.32 Å². The summed E-state index contributed by atoms with van der Waals surface area (Å²) in [4.78, 5) is 22.6. The molecule has 1 N–H and O–H groups in total. The van der Waals surface area contributed by atoms with Gasteiger partial charge < -0.3 is 10.1 Å². The van der Waals surface area contributed by atoms with Crippen LogP contribution >= 0.6 is 0 Å². The molecule has 0 unspecified atom stereocenters. The third-order valence-corrected chi connectivity index (χ3v) is 2.44. The maximum atomic E-state index is 11.6. The molecular weight excluding hydrogens is 230 g/mol. The molecule has 1 amide bonds. The molecule has 0 aromatic heterocycles. The second-order valence-electron chi connectivity index (χ2n) is 4.07. The zero-order chi connectivity index (χ0) is 13.4. The molecule has 0 fully saturated rings. The highest BCUT2D eigenvalue weighted by atomic mass is 16.5. The molecule has 98 valence electrons. The smallest absolute Gasteiger partial charge is 0.307 e. The summed E-state index contributed by atoms with van der Waals surface area (Å²) >= 11 is 0. The van der Waals surface area contributed by atoms with Crippen LogP contribution in [0.25, 0.3) is 0 Å². The van der Waals surface area contributed by atoms with Crippen molar-refractivity contribution in [2.75, 3.05) is 13.2 Å². The molecule has 0 heterocycles. The lowest BCUT2D eigenvalue weighted by molar-refractivity contribution is -0.143. The zero-order valence-electron chi connectivity index (χ0n) is 10.9. The van der Waals surface area contributed by atoms with Crippen LogP contribution in [0, 0.1) is 6.92 Å². The number of carbonyl (C=O) groups is 2. The molecule has 0 aliphatic rings. The van der Waals surface area contributed by atoms with E-state index >= 15 is 0 Å². The van der Waals surface area contributed by atoms with Crippen molar-refractivity contribution in [2.45, 2.75) is 26.7 Å². The first-order valence-electron chi connectivity index (χ1n) is 6.09. The Kier molecular flexibility index (Phi) is 5.91. The minimum Gasteiger partial charge on any atom is -0.466 e. The molecule has 18 heavy (non-hydrogen) atoms. The van der Waals surface area contributed by atoms with E-state index in [4.69, 9.17) is 4.74 Å². The molecule has 1 rings (SSSR count). The van der Waals surface area contributed by atoms with E-state index in [0.29, 0.717) is 19.6 Å². The van der Waals surface area contributed by atoms with E-state index < -0.39 is 0 Å². The standard InChI is InChI=1S/C14H19NO3/c1-3-18-14(17)8-9-15-13(16)10-12-6-4-11(2)5-7-12/h4-7H,3,8-10H2,1-2H3,(H,15,16). The third kappa shape index (κ3) is 5.48. The number of hydrogen-bond donors (Lipinski definition) is 1. The van der Waals surface area contributed by atoms with Gasteiger partial charge in [0.2, 0.25) is 5.91 Å². The Morgan fingerprint density at radius 1 is 1.22 bits per heavy atom. The quantitative estimate of drug-likeness (QED) is 0.779. The van der Waals surface area contributed by atoms with Gasteiger partial charge in [-0.05, 0) is 19.4 Å². The molecule has 1 aromatic rings. The minimum atomic E-state index is -0.284. The average molecular weight is 249 g/mol. The maximum absolute atomic E-state index is 11.6. The largest absolute Gasteiger partial charge is 0.466 e. The predicted molar refractivity (Wildman–Crippen MR) is 69.1 cm³/mol. The second kappa shape index (κ2) is 7.48. The van der Waals surface area contributed by atoms with Crippen molar-refractivity contribution >= 4 is 11.9 Å². The monoisotopic (exact) mass is 249 g/mol. The van der Waals surface area contributed by atoms with Crippen LogP contribution in [0.1, 0.15) is 24.5 Å². The summed E-state index contributed by atoms with van der Waals surface area (Å²) in [5.74, 6) is -0.365. The lowest BCUT2D eigenvalue weighted by Gasteiger charge is -2.05. The number of benzene rings is 1. The van der Waals surface area contributed by atoms with E-state index in [-0.39, 0.29) is 18.3 Å². The van der Waals surface area contributed by atoms with Gasteiger partial charge in [-0.1, -0.05) is 29.8 Å². The normalized spacial score (nSPS) is 9.89. The van der Waals surface area contributed by atoms with Crippen LogP contribution in [-0.4, -0.2) is 25.0 Å². The first-order chi connectivity index (χ1) is 8.61. The van der Waals surface area contributed by atoms with Crippen LogP contribution < -0.4 is 5.32 Å². The average Bonchev–Trinajstić information content (AvgIpc) is 2.32. The third-order valence-electron chi connectivity index (χ3n) is 2.44. The Labute approximate surface area is 107 Å². The van der Waals surface area contributed by atoms with Gasteiger partial charge in [0.15, 0.2) is 0 Å². The van der Waals surface area contributed by atoms with E-state index in [0.717, 1.165) is 5.56 Å². The van der Waals surface area contributed by atoms with E-state index in [2.05, 4.69) is 5.32 Å². The van der Waals surface area contributed by atoms with Crippen molar-refractivity contribution in [3.8, 4) is 0 Å². The molecule has 0 spiro atoms. The molecule has 4 heteroatoms. The molecule has 0 bridgehead atoms.